The molecule has 65 heavy (non-hydrogen) atoms. The lowest BCUT2D eigenvalue weighted by Gasteiger charge is -2.18. The van der Waals surface area contributed by atoms with Gasteiger partial charge in [-0.15, -0.1) is 0 Å². The standard InChI is InChI=1S/C59H114O6/c1-5-7-9-11-13-15-17-19-20-21-22-23-24-26-32-36-40-44-48-52-59(62)65-56(53-63-57(60)50-46-42-38-34-30-25-18-16-14-12-10-8-6-2)54-64-58(61)51-47-43-39-35-31-28-27-29-33-37-41-45-49-55(3)4/h55-56H,5-54H2,1-4H3/t56-/m0/s1. The highest BCUT2D eigenvalue weighted by molar-refractivity contribution is 5.71. The second-order valence-electron chi connectivity index (χ2n) is 20.8. The van der Waals surface area contributed by atoms with Gasteiger partial charge in [-0.25, -0.2) is 0 Å². The third kappa shape index (κ3) is 53.2. The molecule has 0 aromatic carbocycles. The molecule has 1 atom stereocenters. The molecule has 0 saturated carbocycles. The number of carbonyl (C=O) groups is 3. The molecule has 6 nitrogen and oxygen atoms in total. The Morgan fingerprint density at radius 2 is 0.508 bits per heavy atom. The number of rotatable bonds is 54. The number of ether oxygens (including phenoxy) is 3. The highest BCUT2D eigenvalue weighted by Gasteiger charge is 2.19. The molecule has 0 amide bonds. The van der Waals surface area contributed by atoms with Gasteiger partial charge in [0.15, 0.2) is 6.10 Å². The van der Waals surface area contributed by atoms with Crippen molar-refractivity contribution in [3.8, 4) is 0 Å². The zero-order valence-corrected chi connectivity index (χ0v) is 44.5. The van der Waals surface area contributed by atoms with Crippen molar-refractivity contribution in [1.82, 2.24) is 0 Å². The van der Waals surface area contributed by atoms with Crippen molar-refractivity contribution in [2.24, 2.45) is 5.92 Å². The van der Waals surface area contributed by atoms with E-state index in [9.17, 15) is 14.4 Å². The second kappa shape index (κ2) is 53.4. The summed E-state index contributed by atoms with van der Waals surface area (Å²) in [6.07, 6.45) is 58.1. The van der Waals surface area contributed by atoms with Crippen molar-refractivity contribution in [2.75, 3.05) is 13.2 Å². The molecular weight excluding hydrogens is 805 g/mol. The molecule has 386 valence electrons. The third-order valence-electron chi connectivity index (χ3n) is 13.5. The van der Waals surface area contributed by atoms with E-state index in [-0.39, 0.29) is 31.1 Å². The Balaban J connectivity index is 4.28. The summed E-state index contributed by atoms with van der Waals surface area (Å²) in [7, 11) is 0. The molecule has 0 aliphatic heterocycles. The Kier molecular flexibility index (Phi) is 52.1. The van der Waals surface area contributed by atoms with Crippen LogP contribution >= 0.6 is 0 Å². The van der Waals surface area contributed by atoms with E-state index < -0.39 is 6.10 Å². The molecule has 0 spiro atoms. The molecule has 0 aliphatic carbocycles. The largest absolute Gasteiger partial charge is 0.462 e. The summed E-state index contributed by atoms with van der Waals surface area (Å²) in [5, 5.41) is 0. The first-order chi connectivity index (χ1) is 31.9. The lowest BCUT2D eigenvalue weighted by atomic mass is 10.0. The molecule has 0 unspecified atom stereocenters. The van der Waals surface area contributed by atoms with Crippen LogP contribution in [0.3, 0.4) is 0 Å². The maximum absolute atomic E-state index is 12.9. The van der Waals surface area contributed by atoms with Gasteiger partial charge in [-0.2, -0.15) is 0 Å². The fourth-order valence-electron chi connectivity index (χ4n) is 9.10. The highest BCUT2D eigenvalue weighted by atomic mass is 16.6. The molecular formula is C59H114O6. The fraction of sp³-hybridized carbons (Fsp3) is 0.949. The molecule has 0 bridgehead atoms. The van der Waals surface area contributed by atoms with Gasteiger partial charge in [-0.05, 0) is 25.2 Å². The van der Waals surface area contributed by atoms with Gasteiger partial charge in [0, 0.05) is 19.3 Å². The van der Waals surface area contributed by atoms with Gasteiger partial charge in [0.05, 0.1) is 0 Å². The van der Waals surface area contributed by atoms with Crippen LogP contribution in [0, 0.1) is 5.92 Å². The van der Waals surface area contributed by atoms with Crippen LogP contribution in [0.1, 0.15) is 336 Å². The van der Waals surface area contributed by atoms with Crippen LogP contribution in [-0.2, 0) is 28.6 Å². The van der Waals surface area contributed by atoms with Gasteiger partial charge in [0.2, 0.25) is 0 Å². The average Bonchev–Trinajstić information content (AvgIpc) is 3.29. The van der Waals surface area contributed by atoms with Crippen LogP contribution in [0.15, 0.2) is 0 Å². The zero-order valence-electron chi connectivity index (χ0n) is 44.5. The Morgan fingerprint density at radius 3 is 0.754 bits per heavy atom. The number of esters is 3. The van der Waals surface area contributed by atoms with Gasteiger partial charge >= 0.3 is 17.9 Å². The quantitative estimate of drug-likeness (QED) is 0.0344. The molecule has 0 rings (SSSR count). The van der Waals surface area contributed by atoms with E-state index in [1.807, 2.05) is 0 Å². The second-order valence-corrected chi connectivity index (χ2v) is 20.8. The summed E-state index contributed by atoms with van der Waals surface area (Å²) in [4.78, 5) is 38.1. The monoisotopic (exact) mass is 919 g/mol. The van der Waals surface area contributed by atoms with E-state index in [2.05, 4.69) is 27.7 Å². The zero-order chi connectivity index (χ0) is 47.4. The molecule has 0 radical (unpaired) electrons. The summed E-state index contributed by atoms with van der Waals surface area (Å²) in [6.45, 7) is 9.06. The Labute approximate surface area is 406 Å². The number of hydrogen-bond donors (Lipinski definition) is 0. The molecule has 0 aliphatic rings. The Hall–Kier alpha value is -1.59. The van der Waals surface area contributed by atoms with Crippen molar-refractivity contribution in [2.45, 2.75) is 342 Å². The normalized spacial score (nSPS) is 12.0. The van der Waals surface area contributed by atoms with Crippen LogP contribution in [0.25, 0.3) is 0 Å². The molecule has 0 N–H and O–H groups in total. The van der Waals surface area contributed by atoms with E-state index >= 15 is 0 Å². The van der Waals surface area contributed by atoms with E-state index in [0.717, 1.165) is 63.7 Å². The average molecular weight is 920 g/mol. The topological polar surface area (TPSA) is 78.9 Å². The summed E-state index contributed by atoms with van der Waals surface area (Å²) in [5.41, 5.74) is 0. The van der Waals surface area contributed by atoms with E-state index in [4.69, 9.17) is 14.2 Å². The lowest BCUT2D eigenvalue weighted by molar-refractivity contribution is -0.167. The van der Waals surface area contributed by atoms with Gasteiger partial charge in [0.1, 0.15) is 13.2 Å². The van der Waals surface area contributed by atoms with Crippen LogP contribution in [0.4, 0.5) is 0 Å². The van der Waals surface area contributed by atoms with E-state index in [0.29, 0.717) is 19.3 Å². The number of carbonyl (C=O) groups excluding carboxylic acids is 3. The van der Waals surface area contributed by atoms with Crippen LogP contribution in [0.2, 0.25) is 0 Å². The lowest BCUT2D eigenvalue weighted by Crippen LogP contribution is -2.30. The number of unbranched alkanes of at least 4 members (excludes halogenated alkanes) is 41. The van der Waals surface area contributed by atoms with Gasteiger partial charge in [-0.3, -0.25) is 14.4 Å². The van der Waals surface area contributed by atoms with Gasteiger partial charge < -0.3 is 14.2 Å². The summed E-state index contributed by atoms with van der Waals surface area (Å²) < 4.78 is 16.9. The molecule has 0 aromatic heterocycles. The summed E-state index contributed by atoms with van der Waals surface area (Å²) >= 11 is 0. The summed E-state index contributed by atoms with van der Waals surface area (Å²) in [6, 6.07) is 0. The summed E-state index contributed by atoms with van der Waals surface area (Å²) in [5.74, 6) is -0.000953. The van der Waals surface area contributed by atoms with E-state index in [1.165, 1.54) is 231 Å². The van der Waals surface area contributed by atoms with Crippen molar-refractivity contribution in [3.63, 3.8) is 0 Å². The van der Waals surface area contributed by atoms with E-state index in [1.54, 1.807) is 0 Å². The first-order valence-corrected chi connectivity index (χ1v) is 29.4. The van der Waals surface area contributed by atoms with Gasteiger partial charge in [-0.1, -0.05) is 297 Å². The maximum atomic E-state index is 12.9. The molecule has 0 fully saturated rings. The SMILES string of the molecule is CCCCCCCCCCCCCCCCCCCCCC(=O)O[C@@H](COC(=O)CCCCCCCCCCCCCCC)COC(=O)CCCCCCCCCCCCCCC(C)C. The predicted octanol–water partition coefficient (Wildman–Crippen LogP) is 19.4. The maximum Gasteiger partial charge on any atom is 0.306 e. The van der Waals surface area contributed by atoms with Crippen molar-refractivity contribution < 1.29 is 28.6 Å². The molecule has 0 aromatic rings. The van der Waals surface area contributed by atoms with Gasteiger partial charge in [0.25, 0.3) is 0 Å². The molecule has 6 heteroatoms. The highest BCUT2D eigenvalue weighted by Crippen LogP contribution is 2.18. The smallest absolute Gasteiger partial charge is 0.306 e. The minimum Gasteiger partial charge on any atom is -0.462 e. The Morgan fingerprint density at radius 1 is 0.292 bits per heavy atom. The first-order valence-electron chi connectivity index (χ1n) is 29.4. The third-order valence-corrected chi connectivity index (χ3v) is 13.5. The van der Waals surface area contributed by atoms with Crippen molar-refractivity contribution in [3.05, 3.63) is 0 Å². The van der Waals surface area contributed by atoms with Crippen molar-refractivity contribution in [1.29, 1.82) is 0 Å². The Bertz CT molecular complexity index is 980. The minimum absolute atomic E-state index is 0.0619. The minimum atomic E-state index is -0.762. The fourth-order valence-corrected chi connectivity index (χ4v) is 9.10. The first kappa shape index (κ1) is 63.4. The van der Waals surface area contributed by atoms with Crippen LogP contribution in [-0.4, -0.2) is 37.2 Å². The molecule has 0 heterocycles. The van der Waals surface area contributed by atoms with Crippen molar-refractivity contribution >= 4 is 17.9 Å². The predicted molar refractivity (Wildman–Crippen MR) is 280 cm³/mol. The van der Waals surface area contributed by atoms with Crippen LogP contribution in [0.5, 0.6) is 0 Å². The number of hydrogen-bond acceptors (Lipinski definition) is 6. The van der Waals surface area contributed by atoms with Crippen LogP contribution < -0.4 is 0 Å². The molecule has 0 saturated heterocycles.